The third kappa shape index (κ3) is 3.24. The van der Waals surface area contributed by atoms with E-state index in [9.17, 15) is 9.59 Å². The summed E-state index contributed by atoms with van der Waals surface area (Å²) in [6.07, 6.45) is -0.0881. The molecular formula is C13H14N2O4S. The molecule has 0 saturated heterocycles. The molecule has 0 fully saturated rings. The number of carboxylic acids is 1. The van der Waals surface area contributed by atoms with Crippen LogP contribution in [0.25, 0.3) is 10.6 Å². The van der Waals surface area contributed by atoms with Gasteiger partial charge in [-0.3, -0.25) is 9.59 Å². The van der Waals surface area contributed by atoms with Crippen LogP contribution in [0, 0.1) is 0 Å². The van der Waals surface area contributed by atoms with Gasteiger partial charge in [0.15, 0.2) is 11.5 Å². The zero-order valence-electron chi connectivity index (χ0n) is 10.9. The summed E-state index contributed by atoms with van der Waals surface area (Å²) in [6, 6.07) is 5.34. The Bertz CT molecular complexity index is 591. The zero-order chi connectivity index (χ0) is 14.5. The molecule has 2 aromatic heterocycles. The summed E-state index contributed by atoms with van der Waals surface area (Å²) in [7, 11) is 0. The largest absolute Gasteiger partial charge is 0.481 e. The van der Waals surface area contributed by atoms with Crippen LogP contribution in [-0.2, 0) is 4.79 Å². The van der Waals surface area contributed by atoms with Crippen molar-refractivity contribution in [1.82, 2.24) is 10.1 Å². The molecule has 6 nitrogen and oxygen atoms in total. The number of hydrogen-bond acceptors (Lipinski definition) is 5. The molecule has 2 aromatic rings. The number of aromatic nitrogens is 1. The van der Waals surface area contributed by atoms with Gasteiger partial charge in [0, 0.05) is 19.2 Å². The van der Waals surface area contributed by atoms with Gasteiger partial charge in [0.25, 0.3) is 5.91 Å². The first-order valence-electron chi connectivity index (χ1n) is 6.13. The van der Waals surface area contributed by atoms with Crippen molar-refractivity contribution >= 4 is 23.2 Å². The molecule has 2 heterocycles. The summed E-state index contributed by atoms with van der Waals surface area (Å²) in [4.78, 5) is 25.1. The first kappa shape index (κ1) is 14.3. The monoisotopic (exact) mass is 294 g/mol. The number of carbonyl (C=O) groups excluding carboxylic acids is 1. The van der Waals surface area contributed by atoms with Crippen LogP contribution in [0.4, 0.5) is 0 Å². The summed E-state index contributed by atoms with van der Waals surface area (Å²) in [5, 5.41) is 14.3. The van der Waals surface area contributed by atoms with E-state index in [2.05, 4.69) is 5.16 Å². The van der Waals surface area contributed by atoms with Crippen molar-refractivity contribution < 1.29 is 19.2 Å². The number of thiophene rings is 1. The quantitative estimate of drug-likeness (QED) is 0.884. The maximum Gasteiger partial charge on any atom is 0.305 e. The Kier molecular flexibility index (Phi) is 4.52. The van der Waals surface area contributed by atoms with Crippen molar-refractivity contribution in [2.45, 2.75) is 13.3 Å². The van der Waals surface area contributed by atoms with Gasteiger partial charge in [-0.1, -0.05) is 11.2 Å². The van der Waals surface area contributed by atoms with Crippen LogP contribution in [0.3, 0.4) is 0 Å². The smallest absolute Gasteiger partial charge is 0.305 e. The molecule has 2 rings (SSSR count). The summed E-state index contributed by atoms with van der Waals surface area (Å²) in [6.45, 7) is 2.37. The molecule has 0 spiro atoms. The third-order valence-electron chi connectivity index (χ3n) is 2.76. The van der Waals surface area contributed by atoms with Crippen LogP contribution >= 0.6 is 11.3 Å². The fraction of sp³-hybridized carbons (Fsp3) is 0.308. The number of aliphatic carboxylic acids is 1. The van der Waals surface area contributed by atoms with Gasteiger partial charge in [0.2, 0.25) is 0 Å². The Morgan fingerprint density at radius 3 is 2.90 bits per heavy atom. The van der Waals surface area contributed by atoms with Crippen LogP contribution in [0.5, 0.6) is 0 Å². The lowest BCUT2D eigenvalue weighted by molar-refractivity contribution is -0.137. The van der Waals surface area contributed by atoms with Crippen molar-refractivity contribution in [3.63, 3.8) is 0 Å². The lowest BCUT2D eigenvalue weighted by atomic mass is 10.3. The van der Waals surface area contributed by atoms with Crippen LogP contribution in [-0.4, -0.2) is 40.1 Å². The predicted octanol–water partition coefficient (Wildman–Crippen LogP) is 2.34. The molecule has 106 valence electrons. The van der Waals surface area contributed by atoms with E-state index in [-0.39, 0.29) is 24.6 Å². The van der Waals surface area contributed by atoms with E-state index in [1.165, 1.54) is 16.2 Å². The second kappa shape index (κ2) is 6.33. The molecule has 0 aliphatic heterocycles. The Labute approximate surface area is 119 Å². The second-order valence-electron chi connectivity index (χ2n) is 4.08. The zero-order valence-corrected chi connectivity index (χ0v) is 11.7. The molecular weight excluding hydrogens is 280 g/mol. The summed E-state index contributed by atoms with van der Waals surface area (Å²) < 4.78 is 5.15. The van der Waals surface area contributed by atoms with Crippen LogP contribution in [0.15, 0.2) is 28.1 Å². The average Bonchev–Trinajstić information content (AvgIpc) is 3.09. The highest BCUT2D eigenvalue weighted by atomic mass is 32.1. The fourth-order valence-corrected chi connectivity index (χ4v) is 2.38. The van der Waals surface area contributed by atoms with E-state index in [0.717, 1.165) is 4.88 Å². The fourth-order valence-electron chi connectivity index (χ4n) is 1.71. The molecule has 1 N–H and O–H groups in total. The Balaban J connectivity index is 2.10. The van der Waals surface area contributed by atoms with Gasteiger partial charge in [0.05, 0.1) is 11.3 Å². The van der Waals surface area contributed by atoms with E-state index >= 15 is 0 Å². The normalized spacial score (nSPS) is 10.4. The van der Waals surface area contributed by atoms with Gasteiger partial charge in [-0.25, -0.2) is 0 Å². The van der Waals surface area contributed by atoms with Crippen molar-refractivity contribution in [1.29, 1.82) is 0 Å². The van der Waals surface area contributed by atoms with E-state index in [0.29, 0.717) is 12.3 Å². The number of carboxylic acid groups (broad SMARTS) is 1. The molecule has 0 bridgehead atoms. The summed E-state index contributed by atoms with van der Waals surface area (Å²) >= 11 is 1.49. The number of nitrogens with zero attached hydrogens (tertiary/aromatic N) is 2. The molecule has 1 amide bonds. The average molecular weight is 294 g/mol. The van der Waals surface area contributed by atoms with Gasteiger partial charge in [0.1, 0.15) is 0 Å². The van der Waals surface area contributed by atoms with E-state index < -0.39 is 5.97 Å². The number of amides is 1. The highest BCUT2D eigenvalue weighted by molar-refractivity contribution is 7.13. The lowest BCUT2D eigenvalue weighted by Crippen LogP contribution is -2.33. The molecule has 0 unspecified atom stereocenters. The molecule has 0 aliphatic carbocycles. The van der Waals surface area contributed by atoms with Gasteiger partial charge in [-0.15, -0.1) is 11.3 Å². The van der Waals surface area contributed by atoms with Crippen molar-refractivity contribution in [3.8, 4) is 10.6 Å². The highest BCUT2D eigenvalue weighted by Crippen LogP contribution is 2.25. The minimum atomic E-state index is -0.935. The summed E-state index contributed by atoms with van der Waals surface area (Å²) in [5.41, 5.74) is 0.195. The van der Waals surface area contributed by atoms with Crippen molar-refractivity contribution in [2.75, 3.05) is 13.1 Å². The van der Waals surface area contributed by atoms with E-state index in [1.54, 1.807) is 13.0 Å². The maximum atomic E-state index is 12.2. The number of carbonyl (C=O) groups is 2. The molecule has 0 atom stereocenters. The minimum Gasteiger partial charge on any atom is -0.481 e. The first-order chi connectivity index (χ1) is 9.61. The Morgan fingerprint density at radius 2 is 2.30 bits per heavy atom. The molecule has 7 heteroatoms. The SMILES string of the molecule is CCN(CCC(=O)O)C(=O)c1cc(-c2cccs2)on1. The Hall–Kier alpha value is -2.15. The molecule has 0 aromatic carbocycles. The maximum absolute atomic E-state index is 12.2. The van der Waals surface area contributed by atoms with E-state index in [4.69, 9.17) is 9.63 Å². The minimum absolute atomic E-state index is 0.0881. The second-order valence-corrected chi connectivity index (χ2v) is 5.03. The lowest BCUT2D eigenvalue weighted by Gasteiger charge is -2.18. The molecule has 0 radical (unpaired) electrons. The van der Waals surface area contributed by atoms with Gasteiger partial charge in [-0.05, 0) is 18.4 Å². The third-order valence-corrected chi connectivity index (χ3v) is 3.64. The van der Waals surface area contributed by atoms with Crippen LogP contribution in [0.1, 0.15) is 23.8 Å². The van der Waals surface area contributed by atoms with Crippen LogP contribution in [0.2, 0.25) is 0 Å². The van der Waals surface area contributed by atoms with Crippen molar-refractivity contribution in [2.24, 2.45) is 0 Å². The van der Waals surface area contributed by atoms with Gasteiger partial charge < -0.3 is 14.5 Å². The van der Waals surface area contributed by atoms with Crippen molar-refractivity contribution in [3.05, 3.63) is 29.3 Å². The number of rotatable bonds is 6. The molecule has 20 heavy (non-hydrogen) atoms. The Morgan fingerprint density at radius 1 is 1.50 bits per heavy atom. The number of hydrogen-bond donors (Lipinski definition) is 1. The molecule has 0 aliphatic rings. The topological polar surface area (TPSA) is 83.6 Å². The predicted molar refractivity (Wildman–Crippen MR) is 73.6 cm³/mol. The van der Waals surface area contributed by atoms with Crippen LogP contribution < -0.4 is 0 Å². The first-order valence-corrected chi connectivity index (χ1v) is 7.01. The standard InChI is InChI=1S/C13H14N2O4S/c1-2-15(6-5-12(16)17)13(18)9-8-10(19-14-9)11-4-3-7-20-11/h3-4,7-8H,2,5-6H2,1H3,(H,16,17). The van der Waals surface area contributed by atoms with E-state index in [1.807, 2.05) is 17.5 Å². The van der Waals surface area contributed by atoms with Gasteiger partial charge in [-0.2, -0.15) is 0 Å². The highest BCUT2D eigenvalue weighted by Gasteiger charge is 2.20. The summed E-state index contributed by atoms with van der Waals surface area (Å²) in [5.74, 6) is -0.714. The van der Waals surface area contributed by atoms with Gasteiger partial charge >= 0.3 is 5.97 Å². The molecule has 0 saturated carbocycles.